The average Bonchev–Trinajstić information content (AvgIpc) is 3.70. The molecule has 2 fully saturated rings. The Morgan fingerprint density at radius 3 is 2.50 bits per heavy atom. The minimum atomic E-state index is -0.534. The normalized spacial score (nSPS) is 19.1. The molecule has 1 aliphatic heterocycles. The van der Waals surface area contributed by atoms with Gasteiger partial charge in [0.25, 0.3) is 0 Å². The van der Waals surface area contributed by atoms with Crippen molar-refractivity contribution in [1.29, 1.82) is 0 Å². The van der Waals surface area contributed by atoms with Gasteiger partial charge in [-0.05, 0) is 105 Å². The number of piperazine rings is 1. The van der Waals surface area contributed by atoms with Gasteiger partial charge in [0.15, 0.2) is 6.10 Å². The highest BCUT2D eigenvalue weighted by molar-refractivity contribution is 14.1. The number of methoxy groups -OCH3 is 1. The first-order valence-electron chi connectivity index (χ1n) is 13.2. The molecule has 0 bridgehead atoms. The molecule has 0 unspecified atom stereocenters. The van der Waals surface area contributed by atoms with Gasteiger partial charge in [0, 0.05) is 42.0 Å². The zero-order valence-corrected chi connectivity index (χ0v) is 25.3. The molecule has 1 saturated heterocycles. The fourth-order valence-corrected chi connectivity index (χ4v) is 5.12. The SMILES string of the molecule is COC(=O)c1cc(I)c(C)cc1O[C@H](CN1CCN(C(=O)OC(C)(C)C)[C@H](C)C1)c1ccc(C2CC2)cn1. The van der Waals surface area contributed by atoms with Crippen LogP contribution in [0.3, 0.4) is 0 Å². The van der Waals surface area contributed by atoms with E-state index >= 15 is 0 Å². The van der Waals surface area contributed by atoms with Gasteiger partial charge >= 0.3 is 12.1 Å². The molecule has 38 heavy (non-hydrogen) atoms. The molecule has 2 heterocycles. The molecule has 8 nitrogen and oxygen atoms in total. The van der Waals surface area contributed by atoms with Gasteiger partial charge in [0.2, 0.25) is 0 Å². The number of ether oxygens (including phenoxy) is 3. The molecule has 1 saturated carbocycles. The number of hydrogen-bond donors (Lipinski definition) is 0. The predicted molar refractivity (Wildman–Crippen MR) is 154 cm³/mol. The summed E-state index contributed by atoms with van der Waals surface area (Å²) in [6.45, 7) is 12.1. The third-order valence-electron chi connectivity index (χ3n) is 6.89. The molecule has 1 aliphatic carbocycles. The summed E-state index contributed by atoms with van der Waals surface area (Å²) in [5.74, 6) is 0.657. The molecule has 4 rings (SSSR count). The van der Waals surface area contributed by atoms with Crippen LogP contribution in [-0.4, -0.2) is 71.8 Å². The second-order valence-electron chi connectivity index (χ2n) is 11.3. The van der Waals surface area contributed by atoms with Gasteiger partial charge in [-0.1, -0.05) is 6.07 Å². The van der Waals surface area contributed by atoms with Gasteiger partial charge in [-0.3, -0.25) is 9.88 Å². The first-order chi connectivity index (χ1) is 17.9. The number of aromatic nitrogens is 1. The Morgan fingerprint density at radius 2 is 1.92 bits per heavy atom. The zero-order valence-electron chi connectivity index (χ0n) is 23.1. The molecule has 2 aliphatic rings. The van der Waals surface area contributed by atoms with E-state index in [1.807, 2.05) is 52.9 Å². The number of amides is 1. The number of rotatable bonds is 7. The maximum atomic E-state index is 12.7. The largest absolute Gasteiger partial charge is 0.482 e. The summed E-state index contributed by atoms with van der Waals surface area (Å²) in [4.78, 5) is 34.2. The van der Waals surface area contributed by atoms with Gasteiger partial charge in [-0.15, -0.1) is 0 Å². The number of nitrogens with zero attached hydrogens (tertiary/aromatic N) is 3. The molecular formula is C29H38IN3O5. The fraction of sp³-hybridized carbons (Fsp3) is 0.552. The topological polar surface area (TPSA) is 81.2 Å². The summed E-state index contributed by atoms with van der Waals surface area (Å²) in [6, 6.07) is 7.86. The molecular weight excluding hydrogens is 597 g/mol. The quantitative estimate of drug-likeness (QED) is 0.285. The lowest BCUT2D eigenvalue weighted by atomic mass is 10.1. The molecule has 1 amide bonds. The summed E-state index contributed by atoms with van der Waals surface area (Å²) >= 11 is 2.21. The van der Waals surface area contributed by atoms with Crippen LogP contribution < -0.4 is 4.74 Å². The van der Waals surface area contributed by atoms with Crippen molar-refractivity contribution in [3.63, 3.8) is 0 Å². The third-order valence-corrected chi connectivity index (χ3v) is 8.05. The minimum Gasteiger partial charge on any atom is -0.482 e. The van der Waals surface area contributed by atoms with E-state index in [9.17, 15) is 9.59 Å². The zero-order chi connectivity index (χ0) is 27.6. The monoisotopic (exact) mass is 635 g/mol. The average molecular weight is 636 g/mol. The van der Waals surface area contributed by atoms with Crippen LogP contribution >= 0.6 is 22.6 Å². The molecule has 9 heteroatoms. The van der Waals surface area contributed by atoms with E-state index in [-0.39, 0.29) is 12.1 Å². The highest BCUT2D eigenvalue weighted by atomic mass is 127. The van der Waals surface area contributed by atoms with Crippen LogP contribution in [0, 0.1) is 10.5 Å². The Morgan fingerprint density at radius 1 is 1.18 bits per heavy atom. The highest BCUT2D eigenvalue weighted by Crippen LogP contribution is 2.40. The second-order valence-corrected chi connectivity index (χ2v) is 12.4. The van der Waals surface area contributed by atoms with Crippen LogP contribution in [0.4, 0.5) is 4.79 Å². The number of hydrogen-bond acceptors (Lipinski definition) is 7. The van der Waals surface area contributed by atoms with Crippen molar-refractivity contribution in [2.75, 3.05) is 33.3 Å². The molecule has 0 radical (unpaired) electrons. The number of benzene rings is 1. The van der Waals surface area contributed by atoms with Crippen molar-refractivity contribution in [3.05, 3.63) is 56.4 Å². The Kier molecular flexibility index (Phi) is 8.86. The summed E-state index contributed by atoms with van der Waals surface area (Å²) in [5, 5.41) is 0. The molecule has 0 spiro atoms. The van der Waals surface area contributed by atoms with Crippen molar-refractivity contribution in [3.8, 4) is 5.75 Å². The van der Waals surface area contributed by atoms with Crippen LogP contribution in [0.15, 0.2) is 30.5 Å². The van der Waals surface area contributed by atoms with Crippen LogP contribution in [0.2, 0.25) is 0 Å². The van der Waals surface area contributed by atoms with Crippen LogP contribution in [0.1, 0.15) is 79.7 Å². The van der Waals surface area contributed by atoms with Gasteiger partial charge in [-0.2, -0.15) is 0 Å². The highest BCUT2D eigenvalue weighted by Gasteiger charge is 2.33. The van der Waals surface area contributed by atoms with E-state index < -0.39 is 17.7 Å². The number of aryl methyl sites for hydroxylation is 1. The summed E-state index contributed by atoms with van der Waals surface area (Å²) in [5.41, 5.74) is 2.94. The molecule has 2 atom stereocenters. The van der Waals surface area contributed by atoms with E-state index in [2.05, 4.69) is 33.6 Å². The number of halogens is 1. The second kappa shape index (κ2) is 11.8. The fourth-order valence-electron chi connectivity index (χ4n) is 4.66. The smallest absolute Gasteiger partial charge is 0.410 e. The van der Waals surface area contributed by atoms with Crippen molar-refractivity contribution in [2.45, 2.75) is 71.1 Å². The Labute approximate surface area is 239 Å². The first kappa shape index (κ1) is 28.6. The number of esters is 1. The van der Waals surface area contributed by atoms with Gasteiger partial charge in [0.1, 0.15) is 16.9 Å². The van der Waals surface area contributed by atoms with Crippen LogP contribution in [0.25, 0.3) is 0 Å². The van der Waals surface area contributed by atoms with Gasteiger partial charge < -0.3 is 19.1 Å². The molecule has 2 aromatic rings. The van der Waals surface area contributed by atoms with E-state index in [1.54, 1.807) is 11.0 Å². The predicted octanol–water partition coefficient (Wildman–Crippen LogP) is 5.72. The minimum absolute atomic E-state index is 0.0179. The lowest BCUT2D eigenvalue weighted by molar-refractivity contribution is -0.00317. The standard InChI is InChI=1S/C29H38IN3O5/c1-18-13-25(22(14-23(18)30)27(34)36-6)37-26(24-10-9-21(15-31-24)20-7-8-20)17-32-11-12-33(19(2)16-32)28(35)38-29(3,4)5/h9-10,13-15,19-20,26H,7-8,11-12,16-17H2,1-6H3/t19-,26-/m1/s1. The van der Waals surface area contributed by atoms with Crippen LogP contribution in [0.5, 0.6) is 5.75 Å². The van der Waals surface area contributed by atoms with Crippen LogP contribution in [-0.2, 0) is 9.47 Å². The Hall–Kier alpha value is -2.40. The number of pyridine rings is 1. The van der Waals surface area contributed by atoms with Crippen molar-refractivity contribution < 1.29 is 23.8 Å². The van der Waals surface area contributed by atoms with E-state index in [0.29, 0.717) is 43.4 Å². The molecule has 1 aromatic carbocycles. The van der Waals surface area contributed by atoms with E-state index in [1.165, 1.54) is 25.5 Å². The first-order valence-corrected chi connectivity index (χ1v) is 14.3. The number of carbonyl (C=O) groups is 2. The summed E-state index contributed by atoms with van der Waals surface area (Å²) in [7, 11) is 1.38. The lowest BCUT2D eigenvalue weighted by Crippen LogP contribution is -2.55. The summed E-state index contributed by atoms with van der Waals surface area (Å²) < 4.78 is 18.2. The lowest BCUT2D eigenvalue weighted by Gasteiger charge is -2.41. The molecule has 206 valence electrons. The summed E-state index contributed by atoms with van der Waals surface area (Å²) in [6.07, 6.45) is 3.68. The number of carbonyl (C=O) groups excluding carboxylic acids is 2. The molecule has 0 N–H and O–H groups in total. The van der Waals surface area contributed by atoms with Gasteiger partial charge in [-0.25, -0.2) is 9.59 Å². The van der Waals surface area contributed by atoms with Gasteiger partial charge in [0.05, 0.1) is 12.8 Å². The maximum Gasteiger partial charge on any atom is 0.410 e. The molecule has 1 aromatic heterocycles. The van der Waals surface area contributed by atoms with Crippen molar-refractivity contribution in [2.24, 2.45) is 0 Å². The van der Waals surface area contributed by atoms with Crippen molar-refractivity contribution >= 4 is 34.7 Å². The third kappa shape index (κ3) is 7.16. The van der Waals surface area contributed by atoms with E-state index in [0.717, 1.165) is 14.8 Å². The van der Waals surface area contributed by atoms with E-state index in [4.69, 9.17) is 19.2 Å². The maximum absolute atomic E-state index is 12.7. The Balaban J connectivity index is 1.56. The van der Waals surface area contributed by atoms with Crippen molar-refractivity contribution in [1.82, 2.24) is 14.8 Å². The Bertz CT molecular complexity index is 1160.